The third kappa shape index (κ3) is 5.41. The normalized spacial score (nSPS) is 10.5. The van der Waals surface area contributed by atoms with Crippen molar-refractivity contribution in [3.63, 3.8) is 0 Å². The van der Waals surface area contributed by atoms with Gasteiger partial charge >= 0.3 is 5.97 Å². The third-order valence-electron chi connectivity index (χ3n) is 5.21. The maximum Gasteiger partial charge on any atom is 0.359 e. The first kappa shape index (κ1) is 23.4. The lowest BCUT2D eigenvalue weighted by atomic mass is 10.1. The molecule has 0 aliphatic carbocycles. The van der Waals surface area contributed by atoms with E-state index >= 15 is 0 Å². The predicted octanol–water partition coefficient (Wildman–Crippen LogP) is 2.60. The van der Waals surface area contributed by atoms with E-state index in [1.807, 2.05) is 30.3 Å². The largest absolute Gasteiger partial charge is 0.451 e. The average Bonchev–Trinajstić information content (AvgIpc) is 2.89. The molecule has 0 spiro atoms. The molecule has 0 atom stereocenters. The predicted molar refractivity (Wildman–Crippen MR) is 130 cm³/mol. The summed E-state index contributed by atoms with van der Waals surface area (Å²) in [5.41, 5.74) is 1.20. The monoisotopic (exact) mass is 470 g/mol. The molecular weight excluding hydrogens is 448 g/mol. The zero-order valence-electron chi connectivity index (χ0n) is 18.9. The molecule has 0 unspecified atom stereocenters. The highest BCUT2D eigenvalue weighted by molar-refractivity contribution is 6.03. The molecule has 4 rings (SSSR count). The molecule has 1 heterocycles. The first-order valence-electron chi connectivity index (χ1n) is 10.8. The minimum Gasteiger partial charge on any atom is -0.451 e. The lowest BCUT2D eigenvalue weighted by molar-refractivity contribution is -0.119. The number of hydrogen-bond donors (Lipinski definition) is 2. The fraction of sp³-hybridized carbons (Fsp3) is 0.115. The van der Waals surface area contributed by atoms with E-state index in [0.29, 0.717) is 22.0 Å². The van der Waals surface area contributed by atoms with E-state index < -0.39 is 18.5 Å². The van der Waals surface area contributed by atoms with Crippen LogP contribution in [0, 0.1) is 0 Å². The van der Waals surface area contributed by atoms with Crippen LogP contribution in [0.2, 0.25) is 0 Å². The zero-order chi connectivity index (χ0) is 24.8. The Morgan fingerprint density at radius 1 is 0.914 bits per heavy atom. The number of fused-ring (bicyclic) bond motifs is 1. The molecule has 0 saturated carbocycles. The number of carbonyl (C=O) groups is 3. The number of nitrogens with one attached hydrogen (secondary N) is 2. The minimum absolute atomic E-state index is 0.0643. The van der Waals surface area contributed by atoms with Crippen molar-refractivity contribution in [2.45, 2.75) is 6.54 Å². The molecule has 0 bridgehead atoms. The Hall–Kier alpha value is -4.79. The van der Waals surface area contributed by atoms with Gasteiger partial charge in [-0.05, 0) is 29.8 Å². The zero-order valence-corrected chi connectivity index (χ0v) is 18.9. The number of rotatable bonds is 7. The quantitative estimate of drug-likeness (QED) is 0.401. The van der Waals surface area contributed by atoms with E-state index in [1.165, 1.54) is 17.8 Å². The summed E-state index contributed by atoms with van der Waals surface area (Å²) in [6.07, 6.45) is 0. The summed E-state index contributed by atoms with van der Waals surface area (Å²) in [5.74, 6) is -1.72. The Morgan fingerprint density at radius 2 is 1.63 bits per heavy atom. The smallest absolute Gasteiger partial charge is 0.359 e. The standard InChI is InChI=1S/C26H22N4O5/c1-27-24(32)18-10-7-11-19(14-18)28-22(31)16-35-26(34)23-20-12-5-6-13-21(20)25(33)30(29-23)15-17-8-3-2-4-9-17/h2-14H,15-16H2,1H3,(H,27,32)(H,28,31). The number of amides is 2. The topological polar surface area (TPSA) is 119 Å². The highest BCUT2D eigenvalue weighted by atomic mass is 16.5. The van der Waals surface area contributed by atoms with Crippen molar-refractivity contribution in [1.29, 1.82) is 0 Å². The van der Waals surface area contributed by atoms with Gasteiger partial charge in [0.1, 0.15) is 0 Å². The molecule has 0 saturated heterocycles. The molecule has 0 aliphatic rings. The number of ether oxygens (including phenoxy) is 1. The van der Waals surface area contributed by atoms with E-state index in [2.05, 4.69) is 15.7 Å². The third-order valence-corrected chi connectivity index (χ3v) is 5.21. The van der Waals surface area contributed by atoms with Crippen molar-refractivity contribution in [1.82, 2.24) is 15.1 Å². The number of nitrogens with zero attached hydrogens (tertiary/aromatic N) is 2. The second kappa shape index (κ2) is 10.4. The van der Waals surface area contributed by atoms with Gasteiger partial charge in [0, 0.05) is 23.7 Å². The Morgan fingerprint density at radius 3 is 2.37 bits per heavy atom. The molecule has 0 radical (unpaired) electrons. The van der Waals surface area contributed by atoms with Crippen molar-refractivity contribution >= 4 is 34.2 Å². The van der Waals surface area contributed by atoms with Crippen LogP contribution < -0.4 is 16.2 Å². The number of aromatic nitrogens is 2. The van der Waals surface area contributed by atoms with Crippen molar-refractivity contribution in [3.05, 3.63) is 106 Å². The van der Waals surface area contributed by atoms with Crippen LogP contribution in [-0.2, 0) is 16.1 Å². The summed E-state index contributed by atoms with van der Waals surface area (Å²) in [4.78, 5) is 49.9. The van der Waals surface area contributed by atoms with Crippen molar-refractivity contribution in [2.24, 2.45) is 0 Å². The minimum atomic E-state index is -0.836. The molecule has 2 N–H and O–H groups in total. The molecule has 1 aromatic heterocycles. The molecule has 9 nitrogen and oxygen atoms in total. The summed E-state index contributed by atoms with van der Waals surface area (Å²) in [6, 6.07) is 22.2. The maximum absolute atomic E-state index is 12.9. The Labute approximate surface area is 200 Å². The molecule has 35 heavy (non-hydrogen) atoms. The van der Waals surface area contributed by atoms with Crippen LogP contribution in [0.25, 0.3) is 10.8 Å². The molecular formula is C26H22N4O5. The van der Waals surface area contributed by atoms with Crippen LogP contribution in [0.3, 0.4) is 0 Å². The van der Waals surface area contributed by atoms with Gasteiger partial charge in [0.2, 0.25) is 0 Å². The maximum atomic E-state index is 12.9. The lowest BCUT2D eigenvalue weighted by Crippen LogP contribution is -2.28. The van der Waals surface area contributed by atoms with E-state index in [9.17, 15) is 19.2 Å². The Balaban J connectivity index is 1.52. The molecule has 0 fully saturated rings. The van der Waals surface area contributed by atoms with Crippen molar-refractivity contribution in [2.75, 3.05) is 19.0 Å². The number of anilines is 1. The van der Waals surface area contributed by atoms with Gasteiger partial charge in [-0.2, -0.15) is 5.10 Å². The van der Waals surface area contributed by atoms with Gasteiger partial charge in [0.25, 0.3) is 17.4 Å². The number of benzene rings is 3. The van der Waals surface area contributed by atoms with Crippen LogP contribution in [-0.4, -0.2) is 41.2 Å². The van der Waals surface area contributed by atoms with Gasteiger partial charge in [-0.1, -0.05) is 54.6 Å². The Kier molecular flexibility index (Phi) is 6.96. The molecule has 3 aromatic carbocycles. The van der Waals surface area contributed by atoms with Crippen LogP contribution in [0.1, 0.15) is 26.4 Å². The van der Waals surface area contributed by atoms with Crippen LogP contribution in [0.5, 0.6) is 0 Å². The van der Waals surface area contributed by atoms with Gasteiger partial charge < -0.3 is 15.4 Å². The van der Waals surface area contributed by atoms with Crippen molar-refractivity contribution < 1.29 is 19.1 Å². The average molecular weight is 470 g/mol. The van der Waals surface area contributed by atoms with Gasteiger partial charge in [-0.25, -0.2) is 9.48 Å². The summed E-state index contributed by atoms with van der Waals surface area (Å²) in [7, 11) is 1.51. The van der Waals surface area contributed by atoms with Crippen molar-refractivity contribution in [3.8, 4) is 0 Å². The second-order valence-corrected chi connectivity index (χ2v) is 7.63. The Bertz CT molecular complexity index is 1460. The fourth-order valence-electron chi connectivity index (χ4n) is 3.53. The number of hydrogen-bond acceptors (Lipinski definition) is 6. The van der Waals surface area contributed by atoms with Gasteiger partial charge in [0.15, 0.2) is 12.3 Å². The van der Waals surface area contributed by atoms with Crippen LogP contribution in [0.15, 0.2) is 83.7 Å². The highest BCUT2D eigenvalue weighted by Crippen LogP contribution is 2.15. The molecule has 9 heteroatoms. The molecule has 2 amide bonds. The summed E-state index contributed by atoms with van der Waals surface area (Å²) < 4.78 is 6.41. The first-order valence-corrected chi connectivity index (χ1v) is 10.8. The summed E-state index contributed by atoms with van der Waals surface area (Å²) in [5, 5.41) is 10.0. The van der Waals surface area contributed by atoms with Crippen LogP contribution >= 0.6 is 0 Å². The van der Waals surface area contributed by atoms with E-state index in [-0.39, 0.29) is 23.7 Å². The van der Waals surface area contributed by atoms with E-state index in [0.717, 1.165) is 5.56 Å². The van der Waals surface area contributed by atoms with Crippen LogP contribution in [0.4, 0.5) is 5.69 Å². The lowest BCUT2D eigenvalue weighted by Gasteiger charge is -2.11. The fourth-order valence-corrected chi connectivity index (χ4v) is 3.53. The summed E-state index contributed by atoms with van der Waals surface area (Å²) >= 11 is 0. The van der Waals surface area contributed by atoms with Gasteiger partial charge in [0.05, 0.1) is 11.9 Å². The number of carbonyl (C=O) groups excluding carboxylic acids is 3. The highest BCUT2D eigenvalue weighted by Gasteiger charge is 2.19. The van der Waals surface area contributed by atoms with Gasteiger partial charge in [-0.15, -0.1) is 0 Å². The van der Waals surface area contributed by atoms with Gasteiger partial charge in [-0.3, -0.25) is 14.4 Å². The summed E-state index contributed by atoms with van der Waals surface area (Å²) in [6.45, 7) is -0.399. The first-order chi connectivity index (χ1) is 17.0. The molecule has 0 aliphatic heterocycles. The molecule has 4 aromatic rings. The SMILES string of the molecule is CNC(=O)c1cccc(NC(=O)COC(=O)c2nn(Cc3ccccc3)c(=O)c3ccccc23)c1. The molecule has 176 valence electrons. The van der Waals surface area contributed by atoms with E-state index in [4.69, 9.17) is 4.74 Å². The second-order valence-electron chi connectivity index (χ2n) is 7.63. The van der Waals surface area contributed by atoms with E-state index in [1.54, 1.807) is 42.5 Å². The number of esters is 1.